The van der Waals surface area contributed by atoms with Crippen LogP contribution in [0.15, 0.2) is 53.9 Å². The summed E-state index contributed by atoms with van der Waals surface area (Å²) in [6, 6.07) is 15.1. The molecular formula is C21H21N3O2S. The Balaban J connectivity index is 1.66. The fourth-order valence-corrected chi connectivity index (χ4v) is 3.39. The van der Waals surface area contributed by atoms with Gasteiger partial charge in [0.05, 0.1) is 5.69 Å². The summed E-state index contributed by atoms with van der Waals surface area (Å²) in [5.41, 5.74) is 4.35. The summed E-state index contributed by atoms with van der Waals surface area (Å²) in [7, 11) is 0. The van der Waals surface area contributed by atoms with Gasteiger partial charge in [0.2, 0.25) is 5.91 Å². The fourth-order valence-electron chi connectivity index (χ4n) is 2.67. The number of nitrogens with zero attached hydrogens (tertiary/aromatic N) is 1. The number of carbonyl (C=O) groups is 2. The first-order chi connectivity index (χ1) is 13.0. The predicted molar refractivity (Wildman–Crippen MR) is 110 cm³/mol. The first-order valence-electron chi connectivity index (χ1n) is 8.79. The first-order valence-corrected chi connectivity index (χ1v) is 9.67. The van der Waals surface area contributed by atoms with E-state index in [4.69, 9.17) is 0 Å². The molecule has 3 aromatic rings. The molecule has 0 aliphatic heterocycles. The minimum Gasteiger partial charge on any atom is -0.326 e. The molecule has 2 N–H and O–H groups in total. The molecule has 1 aromatic heterocycles. The fraction of sp³-hybridized carbons (Fsp3) is 0.190. The van der Waals surface area contributed by atoms with E-state index < -0.39 is 0 Å². The summed E-state index contributed by atoms with van der Waals surface area (Å²) >= 11 is 1.39. The van der Waals surface area contributed by atoms with Crippen molar-refractivity contribution < 1.29 is 9.59 Å². The Morgan fingerprint density at radius 3 is 2.33 bits per heavy atom. The van der Waals surface area contributed by atoms with Crippen LogP contribution in [0.5, 0.6) is 0 Å². The van der Waals surface area contributed by atoms with Gasteiger partial charge in [-0.1, -0.05) is 37.6 Å². The van der Waals surface area contributed by atoms with Crippen molar-refractivity contribution in [2.45, 2.75) is 26.7 Å². The number of hydrogen-bond donors (Lipinski definition) is 2. The van der Waals surface area contributed by atoms with Crippen LogP contribution in [0.3, 0.4) is 0 Å². The van der Waals surface area contributed by atoms with Crippen molar-refractivity contribution in [3.8, 4) is 11.3 Å². The molecule has 5 nitrogen and oxygen atoms in total. The van der Waals surface area contributed by atoms with Crippen LogP contribution in [-0.4, -0.2) is 16.8 Å². The summed E-state index contributed by atoms with van der Waals surface area (Å²) in [5, 5.41) is 7.98. The molecule has 0 fully saturated rings. The molecule has 1 heterocycles. The van der Waals surface area contributed by atoms with E-state index >= 15 is 0 Å². The van der Waals surface area contributed by atoms with Crippen LogP contribution in [0.2, 0.25) is 0 Å². The second-order valence-corrected chi connectivity index (χ2v) is 7.06. The van der Waals surface area contributed by atoms with Gasteiger partial charge in [-0.15, -0.1) is 11.3 Å². The average Bonchev–Trinajstić information content (AvgIpc) is 3.11. The SMILES string of the molecule is CCCc1ccc(-c2csc(NC(=O)c3ccc(NC(C)=O)cc3)n2)cc1. The van der Waals surface area contributed by atoms with Gasteiger partial charge in [-0.25, -0.2) is 4.98 Å². The third-order valence-electron chi connectivity index (χ3n) is 3.98. The van der Waals surface area contributed by atoms with Crippen molar-refractivity contribution in [1.29, 1.82) is 0 Å². The Kier molecular flexibility index (Phi) is 5.98. The second-order valence-electron chi connectivity index (χ2n) is 6.20. The molecule has 0 saturated carbocycles. The zero-order valence-corrected chi connectivity index (χ0v) is 16.1. The van der Waals surface area contributed by atoms with Gasteiger partial charge in [0.1, 0.15) is 0 Å². The molecule has 0 unspecified atom stereocenters. The summed E-state index contributed by atoms with van der Waals surface area (Å²) < 4.78 is 0. The van der Waals surface area contributed by atoms with Crippen LogP contribution in [-0.2, 0) is 11.2 Å². The molecule has 0 atom stereocenters. The highest BCUT2D eigenvalue weighted by Crippen LogP contribution is 2.26. The number of hydrogen-bond acceptors (Lipinski definition) is 4. The molecule has 0 radical (unpaired) electrons. The quantitative estimate of drug-likeness (QED) is 0.635. The Hall–Kier alpha value is -2.99. The molecule has 0 bridgehead atoms. The highest BCUT2D eigenvalue weighted by molar-refractivity contribution is 7.14. The van der Waals surface area contributed by atoms with Gasteiger partial charge in [0.25, 0.3) is 5.91 Å². The maximum absolute atomic E-state index is 12.4. The van der Waals surface area contributed by atoms with E-state index in [1.807, 2.05) is 5.38 Å². The lowest BCUT2D eigenvalue weighted by molar-refractivity contribution is -0.114. The monoisotopic (exact) mass is 379 g/mol. The van der Waals surface area contributed by atoms with Crippen molar-refractivity contribution in [2.75, 3.05) is 10.6 Å². The number of anilines is 2. The predicted octanol–water partition coefficient (Wildman–Crippen LogP) is 4.97. The van der Waals surface area contributed by atoms with E-state index in [0.29, 0.717) is 16.4 Å². The highest BCUT2D eigenvalue weighted by atomic mass is 32.1. The Bertz CT molecular complexity index is 931. The minimum atomic E-state index is -0.233. The Morgan fingerprint density at radius 2 is 1.70 bits per heavy atom. The van der Waals surface area contributed by atoms with E-state index in [1.54, 1.807) is 24.3 Å². The van der Waals surface area contributed by atoms with Crippen LogP contribution in [0.4, 0.5) is 10.8 Å². The third kappa shape index (κ3) is 5.01. The minimum absolute atomic E-state index is 0.148. The van der Waals surface area contributed by atoms with Crippen LogP contribution >= 0.6 is 11.3 Å². The van der Waals surface area contributed by atoms with Crippen LogP contribution in [0.1, 0.15) is 36.2 Å². The number of aryl methyl sites for hydroxylation is 1. The maximum atomic E-state index is 12.4. The number of carbonyl (C=O) groups excluding carboxylic acids is 2. The van der Waals surface area contributed by atoms with E-state index in [1.165, 1.54) is 23.8 Å². The highest BCUT2D eigenvalue weighted by Gasteiger charge is 2.10. The summed E-state index contributed by atoms with van der Waals surface area (Å²) in [6.07, 6.45) is 2.19. The van der Waals surface area contributed by atoms with E-state index in [0.717, 1.165) is 24.1 Å². The van der Waals surface area contributed by atoms with E-state index in [-0.39, 0.29) is 11.8 Å². The van der Waals surface area contributed by atoms with Gasteiger partial charge >= 0.3 is 0 Å². The standard InChI is InChI=1S/C21H21N3O2S/c1-3-4-15-5-7-16(8-6-15)19-13-27-21(23-19)24-20(26)17-9-11-18(12-10-17)22-14(2)25/h5-13H,3-4H2,1-2H3,(H,22,25)(H,23,24,26). The lowest BCUT2D eigenvalue weighted by Crippen LogP contribution is -2.12. The van der Waals surface area contributed by atoms with Gasteiger partial charge in [0.15, 0.2) is 5.13 Å². The van der Waals surface area contributed by atoms with Gasteiger partial charge in [-0.05, 0) is 36.2 Å². The van der Waals surface area contributed by atoms with Crippen LogP contribution in [0, 0.1) is 0 Å². The zero-order chi connectivity index (χ0) is 19.2. The van der Waals surface area contributed by atoms with E-state index in [2.05, 4.69) is 46.8 Å². The molecule has 3 rings (SSSR count). The molecule has 27 heavy (non-hydrogen) atoms. The number of rotatable bonds is 6. The van der Waals surface area contributed by atoms with Crippen LogP contribution < -0.4 is 10.6 Å². The maximum Gasteiger partial charge on any atom is 0.257 e. The van der Waals surface area contributed by atoms with Crippen molar-refractivity contribution in [3.63, 3.8) is 0 Å². The second kappa shape index (κ2) is 8.60. The Labute approximate surface area is 162 Å². The van der Waals surface area contributed by atoms with Gasteiger partial charge in [-0.2, -0.15) is 0 Å². The van der Waals surface area contributed by atoms with Crippen molar-refractivity contribution in [1.82, 2.24) is 4.98 Å². The van der Waals surface area contributed by atoms with Gasteiger partial charge in [0, 0.05) is 29.1 Å². The third-order valence-corrected chi connectivity index (χ3v) is 4.74. The normalized spacial score (nSPS) is 10.4. The van der Waals surface area contributed by atoms with Gasteiger partial charge < -0.3 is 5.32 Å². The number of thiazole rings is 1. The average molecular weight is 379 g/mol. The number of aromatic nitrogens is 1. The molecule has 6 heteroatoms. The molecule has 0 aliphatic carbocycles. The van der Waals surface area contributed by atoms with Gasteiger partial charge in [-0.3, -0.25) is 14.9 Å². The summed E-state index contributed by atoms with van der Waals surface area (Å²) in [5.74, 6) is -0.381. The smallest absolute Gasteiger partial charge is 0.257 e. The number of benzene rings is 2. The Morgan fingerprint density at radius 1 is 1.00 bits per heavy atom. The molecule has 0 aliphatic rings. The number of amides is 2. The molecule has 0 spiro atoms. The van der Waals surface area contributed by atoms with Crippen LogP contribution in [0.25, 0.3) is 11.3 Å². The molecule has 138 valence electrons. The molecular weight excluding hydrogens is 358 g/mol. The van der Waals surface area contributed by atoms with Crippen molar-refractivity contribution in [2.24, 2.45) is 0 Å². The van der Waals surface area contributed by atoms with Crippen molar-refractivity contribution >= 4 is 34.0 Å². The molecule has 2 amide bonds. The first kappa shape index (κ1) is 18.8. The summed E-state index contributed by atoms with van der Waals surface area (Å²) in [6.45, 7) is 3.61. The number of nitrogens with one attached hydrogen (secondary N) is 2. The van der Waals surface area contributed by atoms with E-state index in [9.17, 15) is 9.59 Å². The summed E-state index contributed by atoms with van der Waals surface area (Å²) in [4.78, 5) is 27.9. The largest absolute Gasteiger partial charge is 0.326 e. The van der Waals surface area contributed by atoms with Crippen molar-refractivity contribution in [3.05, 3.63) is 65.0 Å². The molecule has 0 saturated heterocycles. The zero-order valence-electron chi connectivity index (χ0n) is 15.3. The lowest BCUT2D eigenvalue weighted by Gasteiger charge is -2.04. The topological polar surface area (TPSA) is 71.1 Å². The molecule has 2 aromatic carbocycles. The lowest BCUT2D eigenvalue weighted by atomic mass is 10.1.